The van der Waals surface area contributed by atoms with Gasteiger partial charge < -0.3 is 5.32 Å². The highest BCUT2D eigenvalue weighted by atomic mass is 32.2. The second kappa shape index (κ2) is 7.31. The molecule has 0 aliphatic rings. The fourth-order valence-corrected chi connectivity index (χ4v) is 3.09. The first-order valence-electron chi connectivity index (χ1n) is 7.57. The van der Waals surface area contributed by atoms with Gasteiger partial charge in [0.25, 0.3) is 5.69 Å². The summed E-state index contributed by atoms with van der Waals surface area (Å²) < 4.78 is 0. The number of nitro benzene ring substituents is 1. The normalized spacial score (nSPS) is 10.6. The highest BCUT2D eigenvalue weighted by Crippen LogP contribution is 2.26. The van der Waals surface area contributed by atoms with Gasteiger partial charge in [-0.2, -0.15) is 0 Å². The summed E-state index contributed by atoms with van der Waals surface area (Å²) in [7, 11) is 0. The van der Waals surface area contributed by atoms with Crippen molar-refractivity contribution in [2.75, 3.05) is 11.1 Å². The lowest BCUT2D eigenvalue weighted by atomic mass is 10.1. The smallest absolute Gasteiger partial charge is 0.274 e. The molecule has 1 aromatic heterocycles. The number of rotatable bonds is 5. The van der Waals surface area contributed by atoms with E-state index in [4.69, 9.17) is 0 Å². The van der Waals surface area contributed by atoms with E-state index in [1.807, 2.05) is 36.4 Å². The average Bonchev–Trinajstić information content (AvgIpc) is 2.61. The molecule has 0 spiro atoms. The van der Waals surface area contributed by atoms with Crippen molar-refractivity contribution in [1.29, 1.82) is 0 Å². The number of nitrogens with zero attached hydrogens (tertiary/aromatic N) is 2. The molecule has 1 amide bonds. The van der Waals surface area contributed by atoms with E-state index in [0.29, 0.717) is 11.3 Å². The number of thioether (sulfide) groups is 1. The summed E-state index contributed by atoms with van der Waals surface area (Å²) in [5, 5.41) is 15.5. The van der Waals surface area contributed by atoms with Gasteiger partial charge in [-0.1, -0.05) is 42.1 Å². The van der Waals surface area contributed by atoms with Crippen LogP contribution >= 0.6 is 11.8 Å². The van der Waals surface area contributed by atoms with Gasteiger partial charge in [0.15, 0.2) is 0 Å². The van der Waals surface area contributed by atoms with E-state index in [0.717, 1.165) is 15.9 Å². The van der Waals surface area contributed by atoms with E-state index in [2.05, 4.69) is 10.3 Å². The summed E-state index contributed by atoms with van der Waals surface area (Å²) in [6.07, 6.45) is 0. The zero-order chi connectivity index (χ0) is 17.8. The van der Waals surface area contributed by atoms with E-state index < -0.39 is 4.92 Å². The van der Waals surface area contributed by atoms with Crippen LogP contribution in [0, 0.1) is 17.0 Å². The molecule has 1 heterocycles. The summed E-state index contributed by atoms with van der Waals surface area (Å²) in [6, 6.07) is 16.2. The Kier molecular flexibility index (Phi) is 4.95. The predicted octanol–water partition coefficient (Wildman–Crippen LogP) is 4.18. The van der Waals surface area contributed by atoms with Gasteiger partial charge in [0.05, 0.1) is 32.5 Å². The molecule has 0 bridgehead atoms. The van der Waals surface area contributed by atoms with E-state index in [-0.39, 0.29) is 17.3 Å². The minimum atomic E-state index is -0.460. The van der Waals surface area contributed by atoms with Crippen LogP contribution in [0.15, 0.2) is 59.6 Å². The summed E-state index contributed by atoms with van der Waals surface area (Å²) in [6.45, 7) is 1.62. The maximum Gasteiger partial charge on any atom is 0.274 e. The molecule has 7 heteroatoms. The SMILES string of the molecule is Cc1c(NC(=O)CSc2ccc3ccccc3n2)cccc1[N+](=O)[O-]. The van der Waals surface area contributed by atoms with Gasteiger partial charge in [-0.3, -0.25) is 14.9 Å². The molecule has 0 saturated heterocycles. The monoisotopic (exact) mass is 353 g/mol. The molecular formula is C18H15N3O3S. The van der Waals surface area contributed by atoms with Gasteiger partial charge in [0.2, 0.25) is 5.91 Å². The molecule has 126 valence electrons. The molecule has 6 nitrogen and oxygen atoms in total. The zero-order valence-electron chi connectivity index (χ0n) is 13.4. The second-order valence-electron chi connectivity index (χ2n) is 5.39. The first kappa shape index (κ1) is 16.9. The molecule has 0 aliphatic heterocycles. The Hall–Kier alpha value is -2.93. The van der Waals surface area contributed by atoms with Crippen molar-refractivity contribution in [3.8, 4) is 0 Å². The van der Waals surface area contributed by atoms with Crippen LogP contribution in [-0.4, -0.2) is 21.6 Å². The Morgan fingerprint density at radius 1 is 1.16 bits per heavy atom. The number of hydrogen-bond acceptors (Lipinski definition) is 5. The number of pyridine rings is 1. The molecule has 0 fully saturated rings. The molecule has 0 atom stereocenters. The van der Waals surface area contributed by atoms with Crippen molar-refractivity contribution in [1.82, 2.24) is 4.98 Å². The van der Waals surface area contributed by atoms with Crippen molar-refractivity contribution >= 4 is 39.9 Å². The summed E-state index contributed by atoms with van der Waals surface area (Å²) >= 11 is 1.32. The van der Waals surface area contributed by atoms with Crippen molar-refractivity contribution < 1.29 is 9.72 Å². The lowest BCUT2D eigenvalue weighted by Crippen LogP contribution is -2.15. The Balaban J connectivity index is 1.66. The topological polar surface area (TPSA) is 85.1 Å². The molecule has 3 aromatic rings. The Morgan fingerprint density at radius 2 is 1.96 bits per heavy atom. The third-order valence-corrected chi connectivity index (χ3v) is 4.63. The second-order valence-corrected chi connectivity index (χ2v) is 6.38. The van der Waals surface area contributed by atoms with Crippen molar-refractivity contribution in [3.63, 3.8) is 0 Å². The molecule has 0 aliphatic carbocycles. The number of fused-ring (bicyclic) bond motifs is 1. The number of amides is 1. The minimum absolute atomic E-state index is 0.0124. The Labute approximate surface area is 148 Å². The lowest BCUT2D eigenvalue weighted by Gasteiger charge is -2.08. The van der Waals surface area contributed by atoms with Crippen molar-refractivity contribution in [2.45, 2.75) is 11.9 Å². The van der Waals surface area contributed by atoms with Crippen molar-refractivity contribution in [3.05, 3.63) is 70.3 Å². The number of nitro groups is 1. The number of anilines is 1. The van der Waals surface area contributed by atoms with Gasteiger partial charge >= 0.3 is 0 Å². The first-order chi connectivity index (χ1) is 12.0. The Bertz CT molecular complexity index is 959. The molecule has 3 rings (SSSR count). The molecular weight excluding hydrogens is 338 g/mol. The van der Waals surface area contributed by atoms with Crippen LogP contribution in [0.2, 0.25) is 0 Å². The van der Waals surface area contributed by atoms with Gasteiger partial charge in [-0.15, -0.1) is 0 Å². The first-order valence-corrected chi connectivity index (χ1v) is 8.55. The molecule has 1 N–H and O–H groups in total. The van der Waals surface area contributed by atoms with Crippen LogP contribution in [0.4, 0.5) is 11.4 Å². The largest absolute Gasteiger partial charge is 0.325 e. The van der Waals surface area contributed by atoms with E-state index >= 15 is 0 Å². The fraction of sp³-hybridized carbons (Fsp3) is 0.111. The third kappa shape index (κ3) is 3.95. The van der Waals surface area contributed by atoms with Crippen LogP contribution in [0.5, 0.6) is 0 Å². The number of carbonyl (C=O) groups excluding carboxylic acids is 1. The highest BCUT2D eigenvalue weighted by molar-refractivity contribution is 7.99. The van der Waals surface area contributed by atoms with Crippen LogP contribution in [0.3, 0.4) is 0 Å². The zero-order valence-corrected chi connectivity index (χ0v) is 14.2. The highest BCUT2D eigenvalue weighted by Gasteiger charge is 2.15. The lowest BCUT2D eigenvalue weighted by molar-refractivity contribution is -0.385. The maximum absolute atomic E-state index is 12.2. The number of nitrogens with one attached hydrogen (secondary N) is 1. The average molecular weight is 353 g/mol. The standard InChI is InChI=1S/C18H15N3O3S/c1-12-14(7-4-8-16(12)21(23)24)19-17(22)11-25-18-10-9-13-5-2-3-6-15(13)20-18/h2-10H,11H2,1H3,(H,19,22). The van der Waals surface area contributed by atoms with Crippen molar-refractivity contribution in [2.24, 2.45) is 0 Å². The van der Waals surface area contributed by atoms with Gasteiger partial charge in [0, 0.05) is 11.5 Å². The van der Waals surface area contributed by atoms with Crippen LogP contribution in [-0.2, 0) is 4.79 Å². The van der Waals surface area contributed by atoms with Crippen LogP contribution in [0.25, 0.3) is 10.9 Å². The number of para-hydroxylation sites is 1. The molecule has 25 heavy (non-hydrogen) atoms. The molecule has 0 unspecified atom stereocenters. The van der Waals surface area contributed by atoms with E-state index in [9.17, 15) is 14.9 Å². The maximum atomic E-state index is 12.2. The molecule has 0 saturated carbocycles. The third-order valence-electron chi connectivity index (χ3n) is 3.70. The van der Waals surface area contributed by atoms with Gasteiger partial charge in [-0.25, -0.2) is 4.98 Å². The van der Waals surface area contributed by atoms with E-state index in [1.165, 1.54) is 17.8 Å². The summed E-state index contributed by atoms with van der Waals surface area (Å²) in [5.74, 6) is -0.0587. The minimum Gasteiger partial charge on any atom is -0.325 e. The van der Waals surface area contributed by atoms with Gasteiger partial charge in [-0.05, 0) is 25.1 Å². The molecule has 2 aromatic carbocycles. The number of carbonyl (C=O) groups is 1. The summed E-state index contributed by atoms with van der Waals surface area (Å²) in [5.41, 5.74) is 1.75. The Morgan fingerprint density at radius 3 is 2.76 bits per heavy atom. The molecule has 0 radical (unpaired) electrons. The van der Waals surface area contributed by atoms with Crippen LogP contribution in [0.1, 0.15) is 5.56 Å². The van der Waals surface area contributed by atoms with E-state index in [1.54, 1.807) is 19.1 Å². The van der Waals surface area contributed by atoms with Gasteiger partial charge in [0.1, 0.15) is 0 Å². The quantitative estimate of drug-likeness (QED) is 0.422. The number of aromatic nitrogens is 1. The predicted molar refractivity (Wildman–Crippen MR) is 98.9 cm³/mol. The summed E-state index contributed by atoms with van der Waals surface area (Å²) in [4.78, 5) is 27.2. The fourth-order valence-electron chi connectivity index (χ4n) is 2.41. The van der Waals surface area contributed by atoms with Crippen LogP contribution < -0.4 is 5.32 Å². The number of hydrogen-bond donors (Lipinski definition) is 1. The number of benzene rings is 2.